The van der Waals surface area contributed by atoms with Crippen LogP contribution in [0.5, 0.6) is 5.75 Å². The van der Waals surface area contributed by atoms with E-state index in [1.165, 1.54) is 0 Å². The van der Waals surface area contributed by atoms with Crippen molar-refractivity contribution in [3.63, 3.8) is 0 Å². The second-order valence-corrected chi connectivity index (χ2v) is 6.31. The first-order chi connectivity index (χ1) is 12.0. The van der Waals surface area contributed by atoms with E-state index >= 15 is 0 Å². The molecule has 1 aliphatic carbocycles. The van der Waals surface area contributed by atoms with Crippen LogP contribution >= 0.6 is 0 Å². The van der Waals surface area contributed by atoms with Crippen molar-refractivity contribution in [1.82, 2.24) is 15.1 Å². The van der Waals surface area contributed by atoms with E-state index in [0.29, 0.717) is 17.5 Å². The summed E-state index contributed by atoms with van der Waals surface area (Å²) in [5.74, 6) is 1.30. The summed E-state index contributed by atoms with van der Waals surface area (Å²) in [4.78, 5) is 25.1. The smallest absolute Gasteiger partial charge is 0.263 e. The SMILES string of the molecule is CC(=O)N(C)C1CC(c2cc(NC(=O)COc3ccccc3)n[nH]2)C1. The van der Waals surface area contributed by atoms with E-state index in [4.69, 9.17) is 4.74 Å². The van der Waals surface area contributed by atoms with Crippen LogP contribution < -0.4 is 10.1 Å². The van der Waals surface area contributed by atoms with Gasteiger partial charge in [0.05, 0.1) is 0 Å². The molecule has 2 amide bonds. The number of ether oxygens (including phenoxy) is 1. The minimum absolute atomic E-state index is 0.0683. The van der Waals surface area contributed by atoms with Crippen LogP contribution in [0.1, 0.15) is 31.4 Å². The van der Waals surface area contributed by atoms with E-state index < -0.39 is 0 Å². The van der Waals surface area contributed by atoms with Crippen molar-refractivity contribution < 1.29 is 14.3 Å². The number of hydrogen-bond donors (Lipinski definition) is 2. The average molecular weight is 342 g/mol. The Balaban J connectivity index is 1.46. The van der Waals surface area contributed by atoms with Crippen LogP contribution in [0.25, 0.3) is 0 Å². The van der Waals surface area contributed by atoms with Crippen molar-refractivity contribution in [1.29, 1.82) is 0 Å². The first kappa shape index (κ1) is 17.0. The number of carbonyl (C=O) groups excluding carboxylic acids is 2. The average Bonchev–Trinajstić information content (AvgIpc) is 3.00. The molecule has 1 fully saturated rings. The largest absolute Gasteiger partial charge is 0.484 e. The molecule has 1 aromatic carbocycles. The molecule has 0 spiro atoms. The first-order valence-electron chi connectivity index (χ1n) is 8.29. The van der Waals surface area contributed by atoms with Crippen LogP contribution in [0.4, 0.5) is 5.82 Å². The topological polar surface area (TPSA) is 87.3 Å². The fourth-order valence-corrected chi connectivity index (χ4v) is 2.87. The maximum Gasteiger partial charge on any atom is 0.263 e. The van der Waals surface area contributed by atoms with Gasteiger partial charge in [-0.05, 0) is 25.0 Å². The molecule has 2 aromatic rings. The maximum atomic E-state index is 11.9. The number of nitrogens with zero attached hydrogens (tertiary/aromatic N) is 2. The fourth-order valence-electron chi connectivity index (χ4n) is 2.87. The Labute approximate surface area is 146 Å². The van der Waals surface area contributed by atoms with E-state index in [1.54, 1.807) is 24.0 Å². The number of benzene rings is 1. The lowest BCUT2D eigenvalue weighted by Gasteiger charge is -2.40. The van der Waals surface area contributed by atoms with Gasteiger partial charge < -0.3 is 15.0 Å². The molecule has 0 bridgehead atoms. The minimum Gasteiger partial charge on any atom is -0.484 e. The summed E-state index contributed by atoms with van der Waals surface area (Å²) in [6.45, 7) is 1.51. The molecule has 1 saturated carbocycles. The van der Waals surface area contributed by atoms with Crippen molar-refractivity contribution >= 4 is 17.6 Å². The number of aromatic amines is 1. The lowest BCUT2D eigenvalue weighted by molar-refractivity contribution is -0.131. The van der Waals surface area contributed by atoms with Crippen molar-refractivity contribution in [3.05, 3.63) is 42.1 Å². The third-order valence-electron chi connectivity index (χ3n) is 4.58. The Morgan fingerprint density at radius 3 is 2.72 bits per heavy atom. The molecule has 1 aromatic heterocycles. The van der Waals surface area contributed by atoms with Crippen LogP contribution in [-0.4, -0.2) is 46.6 Å². The maximum absolute atomic E-state index is 11.9. The predicted octanol–water partition coefficient (Wildman–Crippen LogP) is 2.15. The number of hydrogen-bond acceptors (Lipinski definition) is 4. The zero-order valence-electron chi connectivity index (χ0n) is 14.4. The summed E-state index contributed by atoms with van der Waals surface area (Å²) in [6.07, 6.45) is 1.81. The molecule has 0 unspecified atom stereocenters. The second-order valence-electron chi connectivity index (χ2n) is 6.31. The summed E-state index contributed by atoms with van der Waals surface area (Å²) in [5, 5.41) is 9.81. The van der Waals surface area contributed by atoms with Gasteiger partial charge >= 0.3 is 0 Å². The third kappa shape index (κ3) is 4.17. The van der Waals surface area contributed by atoms with Crippen LogP contribution in [-0.2, 0) is 9.59 Å². The summed E-state index contributed by atoms with van der Waals surface area (Å²) in [7, 11) is 1.83. The van der Waals surface area contributed by atoms with E-state index in [-0.39, 0.29) is 24.5 Å². The van der Waals surface area contributed by atoms with Gasteiger partial charge in [-0.2, -0.15) is 5.10 Å². The number of carbonyl (C=O) groups is 2. The molecule has 132 valence electrons. The molecule has 1 heterocycles. The normalized spacial score (nSPS) is 19.0. The van der Waals surface area contributed by atoms with Crippen molar-refractivity contribution in [2.75, 3.05) is 19.0 Å². The van der Waals surface area contributed by atoms with Gasteiger partial charge in [0.2, 0.25) is 5.91 Å². The Kier molecular flexibility index (Phi) is 5.02. The molecule has 2 N–H and O–H groups in total. The number of amides is 2. The number of aromatic nitrogens is 2. The summed E-state index contributed by atoms with van der Waals surface area (Å²) < 4.78 is 5.40. The zero-order chi connectivity index (χ0) is 17.8. The van der Waals surface area contributed by atoms with Gasteiger partial charge in [0.1, 0.15) is 5.75 Å². The monoisotopic (exact) mass is 342 g/mol. The highest BCUT2D eigenvalue weighted by molar-refractivity contribution is 5.91. The van der Waals surface area contributed by atoms with Gasteiger partial charge in [0, 0.05) is 37.7 Å². The fraction of sp³-hybridized carbons (Fsp3) is 0.389. The molecule has 7 heteroatoms. The quantitative estimate of drug-likeness (QED) is 0.842. The lowest BCUT2D eigenvalue weighted by atomic mass is 9.77. The Morgan fingerprint density at radius 1 is 1.32 bits per heavy atom. The molecule has 0 saturated heterocycles. The third-order valence-corrected chi connectivity index (χ3v) is 4.58. The molecule has 3 rings (SSSR count). The highest BCUT2D eigenvalue weighted by Gasteiger charge is 2.35. The molecule has 1 aliphatic rings. The Morgan fingerprint density at radius 2 is 2.04 bits per heavy atom. The van der Waals surface area contributed by atoms with Gasteiger partial charge in [0.25, 0.3) is 5.91 Å². The molecule has 25 heavy (non-hydrogen) atoms. The number of nitrogens with one attached hydrogen (secondary N) is 2. The van der Waals surface area contributed by atoms with Crippen molar-refractivity contribution in [2.45, 2.75) is 31.7 Å². The highest BCUT2D eigenvalue weighted by atomic mass is 16.5. The standard InChI is InChI=1S/C18H22N4O3/c1-12(23)22(2)14-8-13(9-14)16-10-17(21-20-16)19-18(24)11-25-15-6-4-3-5-7-15/h3-7,10,13-14H,8-9,11H2,1-2H3,(H2,19,20,21,24). The molecule has 0 aliphatic heterocycles. The van der Waals surface area contributed by atoms with Gasteiger partial charge in [0.15, 0.2) is 12.4 Å². The molecule has 0 atom stereocenters. The van der Waals surface area contributed by atoms with E-state index in [0.717, 1.165) is 18.5 Å². The second kappa shape index (κ2) is 7.38. The highest BCUT2D eigenvalue weighted by Crippen LogP contribution is 2.39. The summed E-state index contributed by atoms with van der Waals surface area (Å²) in [6, 6.07) is 11.3. The Bertz CT molecular complexity index is 738. The van der Waals surface area contributed by atoms with E-state index in [1.807, 2.05) is 31.3 Å². The van der Waals surface area contributed by atoms with Crippen LogP contribution in [0.3, 0.4) is 0 Å². The van der Waals surface area contributed by atoms with Crippen LogP contribution in [0.2, 0.25) is 0 Å². The molecule has 7 nitrogen and oxygen atoms in total. The number of anilines is 1. The number of para-hydroxylation sites is 1. The van der Waals surface area contributed by atoms with Gasteiger partial charge in [-0.25, -0.2) is 0 Å². The van der Waals surface area contributed by atoms with Crippen molar-refractivity contribution in [2.24, 2.45) is 0 Å². The molecular formula is C18H22N4O3. The van der Waals surface area contributed by atoms with Crippen LogP contribution in [0, 0.1) is 0 Å². The summed E-state index contributed by atoms with van der Waals surface area (Å²) in [5.41, 5.74) is 0.979. The zero-order valence-corrected chi connectivity index (χ0v) is 14.4. The molecule has 0 radical (unpaired) electrons. The first-order valence-corrected chi connectivity index (χ1v) is 8.29. The Hall–Kier alpha value is -2.83. The van der Waals surface area contributed by atoms with Gasteiger partial charge in [-0.1, -0.05) is 18.2 Å². The van der Waals surface area contributed by atoms with E-state index in [9.17, 15) is 9.59 Å². The number of H-pyrrole nitrogens is 1. The van der Waals surface area contributed by atoms with E-state index in [2.05, 4.69) is 15.5 Å². The van der Waals surface area contributed by atoms with Crippen molar-refractivity contribution in [3.8, 4) is 5.75 Å². The van der Waals surface area contributed by atoms with Gasteiger partial charge in [-0.3, -0.25) is 14.7 Å². The number of rotatable bonds is 6. The molecular weight excluding hydrogens is 320 g/mol. The lowest BCUT2D eigenvalue weighted by Crippen LogP contribution is -2.43. The van der Waals surface area contributed by atoms with Crippen LogP contribution in [0.15, 0.2) is 36.4 Å². The predicted molar refractivity (Wildman–Crippen MR) is 93.4 cm³/mol. The summed E-state index contributed by atoms with van der Waals surface area (Å²) >= 11 is 0. The minimum atomic E-state index is -0.260. The van der Waals surface area contributed by atoms with Gasteiger partial charge in [-0.15, -0.1) is 0 Å².